The Morgan fingerprint density at radius 1 is 1.19 bits per heavy atom. The second kappa shape index (κ2) is 7.69. The Morgan fingerprint density at radius 3 is 2.62 bits per heavy atom. The van der Waals surface area contributed by atoms with Gasteiger partial charge in [-0.3, -0.25) is 9.59 Å². The summed E-state index contributed by atoms with van der Waals surface area (Å²) in [5, 5.41) is 5.20. The van der Waals surface area contributed by atoms with E-state index in [1.165, 1.54) is 0 Å². The lowest BCUT2D eigenvalue weighted by atomic mass is 10.2. The first-order valence-corrected chi connectivity index (χ1v) is 8.97. The van der Waals surface area contributed by atoms with E-state index in [4.69, 9.17) is 0 Å². The van der Waals surface area contributed by atoms with Gasteiger partial charge in [-0.1, -0.05) is 24.3 Å². The van der Waals surface area contributed by atoms with Gasteiger partial charge < -0.3 is 10.6 Å². The molecule has 0 atom stereocenters. The first-order valence-electron chi connectivity index (χ1n) is 7.89. The van der Waals surface area contributed by atoms with E-state index in [9.17, 15) is 14.4 Å². The molecule has 1 fully saturated rings. The third-order valence-corrected chi connectivity index (χ3v) is 4.47. The fraction of sp³-hybridized carbons (Fsp3) is 0.105. The average Bonchev–Trinajstić information content (AvgIpc) is 2.84. The van der Waals surface area contributed by atoms with Crippen molar-refractivity contribution in [3.05, 3.63) is 68.9 Å². The minimum Gasteiger partial charge on any atom is -0.325 e. The second-order valence-corrected chi connectivity index (χ2v) is 7.09. The standard InChI is InChI=1S/C19H16IN3O3/c1-12-3-2-4-15(9-12)21-17(24)11-23-18(25)16(22-19(23)26)10-13-5-7-14(20)8-6-13/h2-10H,11H2,1H3,(H,21,24)(H,22,26)/b16-10+. The fourth-order valence-electron chi connectivity index (χ4n) is 2.51. The van der Waals surface area contributed by atoms with Crippen molar-refractivity contribution in [2.75, 3.05) is 11.9 Å². The van der Waals surface area contributed by atoms with E-state index in [2.05, 4.69) is 33.2 Å². The molecule has 1 aliphatic heterocycles. The zero-order chi connectivity index (χ0) is 18.7. The first-order chi connectivity index (χ1) is 12.4. The third kappa shape index (κ3) is 4.29. The van der Waals surface area contributed by atoms with Gasteiger partial charge in [0.15, 0.2) is 0 Å². The number of hydrogen-bond donors (Lipinski definition) is 2. The molecule has 0 spiro atoms. The summed E-state index contributed by atoms with van der Waals surface area (Å²) < 4.78 is 1.07. The number of imide groups is 1. The van der Waals surface area contributed by atoms with Crippen molar-refractivity contribution in [3.8, 4) is 0 Å². The highest BCUT2D eigenvalue weighted by molar-refractivity contribution is 14.1. The van der Waals surface area contributed by atoms with Crippen LogP contribution in [0.5, 0.6) is 0 Å². The van der Waals surface area contributed by atoms with Gasteiger partial charge in [-0.2, -0.15) is 0 Å². The van der Waals surface area contributed by atoms with Crippen LogP contribution in [0.2, 0.25) is 0 Å². The summed E-state index contributed by atoms with van der Waals surface area (Å²) in [6, 6.07) is 14.2. The summed E-state index contributed by atoms with van der Waals surface area (Å²) in [5.74, 6) is -0.956. The lowest BCUT2D eigenvalue weighted by Crippen LogP contribution is -2.38. The third-order valence-electron chi connectivity index (χ3n) is 3.75. The first kappa shape index (κ1) is 18.1. The molecule has 2 aromatic rings. The van der Waals surface area contributed by atoms with Crippen LogP contribution in [0.3, 0.4) is 0 Å². The van der Waals surface area contributed by atoms with Crippen molar-refractivity contribution < 1.29 is 14.4 Å². The van der Waals surface area contributed by atoms with Gasteiger partial charge in [0.05, 0.1) is 0 Å². The lowest BCUT2D eigenvalue weighted by Gasteiger charge is -2.12. The number of nitrogens with zero attached hydrogens (tertiary/aromatic N) is 1. The summed E-state index contributed by atoms with van der Waals surface area (Å²) in [6.07, 6.45) is 1.59. The van der Waals surface area contributed by atoms with Crippen LogP contribution >= 0.6 is 22.6 Å². The van der Waals surface area contributed by atoms with E-state index < -0.39 is 17.8 Å². The van der Waals surface area contributed by atoms with Gasteiger partial charge in [-0.15, -0.1) is 0 Å². The lowest BCUT2D eigenvalue weighted by molar-refractivity contribution is -0.127. The highest BCUT2D eigenvalue weighted by Crippen LogP contribution is 2.16. The predicted octanol–water partition coefficient (Wildman–Crippen LogP) is 3.13. The van der Waals surface area contributed by atoms with Crippen LogP contribution in [0.15, 0.2) is 54.2 Å². The van der Waals surface area contributed by atoms with Crippen molar-refractivity contribution in [1.82, 2.24) is 10.2 Å². The Kier molecular flexibility index (Phi) is 5.36. The van der Waals surface area contributed by atoms with Crippen LogP contribution in [0.25, 0.3) is 6.08 Å². The molecule has 1 saturated heterocycles. The quantitative estimate of drug-likeness (QED) is 0.418. The van der Waals surface area contributed by atoms with E-state index in [1.54, 1.807) is 12.1 Å². The zero-order valence-corrected chi connectivity index (χ0v) is 16.1. The maximum atomic E-state index is 12.4. The van der Waals surface area contributed by atoms with Gasteiger partial charge in [-0.05, 0) is 71.0 Å². The van der Waals surface area contributed by atoms with Crippen molar-refractivity contribution in [1.29, 1.82) is 0 Å². The smallest absolute Gasteiger partial charge is 0.325 e. The van der Waals surface area contributed by atoms with Gasteiger partial charge in [0.25, 0.3) is 5.91 Å². The molecule has 1 aliphatic rings. The van der Waals surface area contributed by atoms with E-state index in [-0.39, 0.29) is 12.2 Å². The molecule has 1 heterocycles. The molecular weight excluding hydrogens is 445 g/mol. The SMILES string of the molecule is Cc1cccc(NC(=O)CN2C(=O)N/C(=C/c3ccc(I)cc3)C2=O)c1. The van der Waals surface area contributed by atoms with E-state index in [0.29, 0.717) is 5.69 Å². The molecule has 26 heavy (non-hydrogen) atoms. The second-order valence-electron chi connectivity index (χ2n) is 5.85. The number of nitrogens with one attached hydrogen (secondary N) is 2. The highest BCUT2D eigenvalue weighted by atomic mass is 127. The summed E-state index contributed by atoms with van der Waals surface area (Å²) >= 11 is 2.19. The van der Waals surface area contributed by atoms with E-state index >= 15 is 0 Å². The Morgan fingerprint density at radius 2 is 1.92 bits per heavy atom. The zero-order valence-electron chi connectivity index (χ0n) is 14.0. The summed E-state index contributed by atoms with van der Waals surface area (Å²) in [6.45, 7) is 1.57. The Hall–Kier alpha value is -2.68. The number of anilines is 1. The number of hydrogen-bond acceptors (Lipinski definition) is 3. The van der Waals surface area contributed by atoms with Crippen molar-refractivity contribution in [2.24, 2.45) is 0 Å². The van der Waals surface area contributed by atoms with Crippen molar-refractivity contribution in [2.45, 2.75) is 6.92 Å². The number of urea groups is 1. The number of amides is 4. The van der Waals surface area contributed by atoms with E-state index in [0.717, 1.165) is 19.6 Å². The highest BCUT2D eigenvalue weighted by Gasteiger charge is 2.34. The van der Waals surface area contributed by atoms with Crippen LogP contribution in [-0.4, -0.2) is 29.3 Å². The van der Waals surface area contributed by atoms with Gasteiger partial charge in [-0.25, -0.2) is 9.69 Å². The normalized spacial score (nSPS) is 15.3. The maximum Gasteiger partial charge on any atom is 0.329 e. The topological polar surface area (TPSA) is 78.5 Å². The number of rotatable bonds is 4. The minimum absolute atomic E-state index is 0.152. The molecule has 0 aliphatic carbocycles. The average molecular weight is 461 g/mol. The van der Waals surface area contributed by atoms with Crippen molar-refractivity contribution in [3.63, 3.8) is 0 Å². The molecule has 2 N–H and O–H groups in total. The molecule has 0 radical (unpaired) electrons. The molecule has 3 rings (SSSR count). The molecule has 0 unspecified atom stereocenters. The number of carbonyl (C=O) groups excluding carboxylic acids is 3. The Balaban J connectivity index is 1.69. The van der Waals surface area contributed by atoms with Crippen molar-refractivity contribution >= 4 is 52.2 Å². The minimum atomic E-state index is -0.605. The molecule has 0 bridgehead atoms. The molecule has 2 aromatic carbocycles. The number of carbonyl (C=O) groups is 3. The monoisotopic (exact) mass is 461 g/mol. The number of aryl methyl sites for hydroxylation is 1. The van der Waals surface area contributed by atoms with Crippen LogP contribution in [0.4, 0.5) is 10.5 Å². The Labute approximate surface area is 164 Å². The molecule has 7 heteroatoms. The molecule has 132 valence electrons. The predicted molar refractivity (Wildman–Crippen MR) is 107 cm³/mol. The van der Waals surface area contributed by atoms with Gasteiger partial charge >= 0.3 is 6.03 Å². The number of benzene rings is 2. The van der Waals surface area contributed by atoms with Gasteiger partial charge in [0.1, 0.15) is 12.2 Å². The molecular formula is C19H16IN3O3. The van der Waals surface area contributed by atoms with Crippen LogP contribution < -0.4 is 10.6 Å². The molecule has 4 amide bonds. The molecule has 6 nitrogen and oxygen atoms in total. The molecule has 0 aromatic heterocycles. The van der Waals surface area contributed by atoms with Crippen LogP contribution in [-0.2, 0) is 9.59 Å². The van der Waals surface area contributed by atoms with Crippen LogP contribution in [0, 0.1) is 10.5 Å². The summed E-state index contributed by atoms with van der Waals surface area (Å²) in [7, 11) is 0. The largest absolute Gasteiger partial charge is 0.329 e. The summed E-state index contributed by atoms with van der Waals surface area (Å²) in [5.41, 5.74) is 2.57. The maximum absolute atomic E-state index is 12.4. The van der Waals surface area contributed by atoms with Gasteiger partial charge in [0.2, 0.25) is 5.91 Å². The van der Waals surface area contributed by atoms with E-state index in [1.807, 2.05) is 49.4 Å². The summed E-state index contributed by atoms with van der Waals surface area (Å²) in [4.78, 5) is 37.5. The van der Waals surface area contributed by atoms with Gasteiger partial charge in [0, 0.05) is 9.26 Å². The number of halogens is 1. The molecule has 0 saturated carbocycles. The Bertz CT molecular complexity index is 907. The fourth-order valence-corrected chi connectivity index (χ4v) is 2.87. The van der Waals surface area contributed by atoms with Crippen LogP contribution in [0.1, 0.15) is 11.1 Å².